The number of aromatic nitrogens is 2. The molecule has 0 spiro atoms. The molecule has 5 heteroatoms. The lowest BCUT2D eigenvalue weighted by molar-refractivity contribution is 0.312. The highest BCUT2D eigenvalue weighted by atomic mass is 35.5. The van der Waals surface area contributed by atoms with Crippen LogP contribution < -0.4 is 11.3 Å². The maximum atomic E-state index is 6.16. The standard InChI is InChI=1S/C13H23ClN4/c1-18-13(11(14)9-16-18)12(17-15)8-7-10-5-3-2-4-6-10/h9-10,12,17H,2-8,15H2,1H3. The van der Waals surface area contributed by atoms with Crippen LogP contribution in [0.25, 0.3) is 0 Å². The fourth-order valence-corrected chi connectivity index (χ4v) is 3.29. The molecule has 4 nitrogen and oxygen atoms in total. The van der Waals surface area contributed by atoms with Crippen molar-refractivity contribution in [3.63, 3.8) is 0 Å². The number of hydrogen-bond acceptors (Lipinski definition) is 3. The molecule has 1 fully saturated rings. The molecule has 0 radical (unpaired) electrons. The van der Waals surface area contributed by atoms with E-state index in [-0.39, 0.29) is 6.04 Å². The van der Waals surface area contributed by atoms with Crippen molar-refractivity contribution in [3.05, 3.63) is 16.9 Å². The Morgan fingerprint density at radius 2 is 2.22 bits per heavy atom. The van der Waals surface area contributed by atoms with Gasteiger partial charge >= 0.3 is 0 Å². The zero-order valence-corrected chi connectivity index (χ0v) is 11.8. The minimum Gasteiger partial charge on any atom is -0.271 e. The van der Waals surface area contributed by atoms with Gasteiger partial charge in [0.25, 0.3) is 0 Å². The largest absolute Gasteiger partial charge is 0.271 e. The number of nitrogens with one attached hydrogen (secondary N) is 1. The van der Waals surface area contributed by atoms with Crippen LogP contribution in [-0.4, -0.2) is 9.78 Å². The summed E-state index contributed by atoms with van der Waals surface area (Å²) >= 11 is 6.16. The predicted molar refractivity (Wildman–Crippen MR) is 74.1 cm³/mol. The number of rotatable bonds is 5. The first-order chi connectivity index (χ1) is 8.72. The van der Waals surface area contributed by atoms with Crippen LogP contribution >= 0.6 is 11.6 Å². The summed E-state index contributed by atoms with van der Waals surface area (Å²) in [5.41, 5.74) is 3.88. The van der Waals surface area contributed by atoms with Gasteiger partial charge in [-0.1, -0.05) is 43.7 Å². The van der Waals surface area contributed by atoms with Gasteiger partial charge in [-0.2, -0.15) is 5.10 Å². The second kappa shape index (κ2) is 6.55. The van der Waals surface area contributed by atoms with Crippen LogP contribution in [0, 0.1) is 5.92 Å². The summed E-state index contributed by atoms with van der Waals surface area (Å²) in [6.45, 7) is 0. The minimum atomic E-state index is 0.104. The summed E-state index contributed by atoms with van der Waals surface area (Å²) in [4.78, 5) is 0. The first-order valence-corrected chi connectivity index (χ1v) is 7.23. The summed E-state index contributed by atoms with van der Waals surface area (Å²) < 4.78 is 1.81. The predicted octanol–water partition coefficient (Wildman–Crippen LogP) is 2.94. The molecule has 1 aliphatic rings. The molecule has 1 atom stereocenters. The Kier molecular flexibility index (Phi) is 5.03. The number of nitrogens with zero attached hydrogens (tertiary/aromatic N) is 2. The Hall–Kier alpha value is -0.580. The van der Waals surface area contributed by atoms with Gasteiger partial charge < -0.3 is 0 Å². The third-order valence-corrected chi connectivity index (χ3v) is 4.35. The van der Waals surface area contributed by atoms with Crippen molar-refractivity contribution >= 4 is 11.6 Å². The number of nitrogens with two attached hydrogens (primary N) is 1. The molecule has 0 saturated heterocycles. The van der Waals surface area contributed by atoms with Crippen molar-refractivity contribution < 1.29 is 0 Å². The fraction of sp³-hybridized carbons (Fsp3) is 0.769. The second-order valence-corrected chi connectivity index (χ2v) is 5.71. The highest BCUT2D eigenvalue weighted by Crippen LogP contribution is 2.31. The van der Waals surface area contributed by atoms with E-state index in [2.05, 4.69) is 10.5 Å². The van der Waals surface area contributed by atoms with E-state index in [0.717, 1.165) is 18.0 Å². The Morgan fingerprint density at radius 1 is 1.50 bits per heavy atom. The van der Waals surface area contributed by atoms with Gasteiger partial charge in [-0.15, -0.1) is 0 Å². The van der Waals surface area contributed by atoms with Crippen LogP contribution in [0.5, 0.6) is 0 Å². The van der Waals surface area contributed by atoms with Gasteiger partial charge in [-0.05, 0) is 18.8 Å². The highest BCUT2D eigenvalue weighted by Gasteiger charge is 2.20. The van der Waals surface area contributed by atoms with E-state index < -0.39 is 0 Å². The summed E-state index contributed by atoms with van der Waals surface area (Å²) in [5.74, 6) is 6.53. The van der Waals surface area contributed by atoms with E-state index in [0.29, 0.717) is 5.02 Å². The van der Waals surface area contributed by atoms with Gasteiger partial charge in [-0.3, -0.25) is 16.0 Å². The smallest absolute Gasteiger partial charge is 0.0834 e. The van der Waals surface area contributed by atoms with E-state index >= 15 is 0 Å². The number of halogens is 1. The molecule has 102 valence electrons. The molecule has 1 unspecified atom stereocenters. The Balaban J connectivity index is 1.93. The summed E-state index contributed by atoms with van der Waals surface area (Å²) in [6, 6.07) is 0.104. The van der Waals surface area contributed by atoms with Crippen LogP contribution in [0.4, 0.5) is 0 Å². The van der Waals surface area contributed by atoms with Gasteiger partial charge in [0.2, 0.25) is 0 Å². The first-order valence-electron chi connectivity index (χ1n) is 6.86. The van der Waals surface area contributed by atoms with Gasteiger partial charge in [-0.25, -0.2) is 0 Å². The summed E-state index contributed by atoms with van der Waals surface area (Å²) in [7, 11) is 1.91. The molecule has 0 amide bonds. The average molecular weight is 271 g/mol. The van der Waals surface area contributed by atoms with E-state index in [1.54, 1.807) is 6.20 Å². The van der Waals surface area contributed by atoms with E-state index in [9.17, 15) is 0 Å². The molecule has 2 rings (SSSR count). The lowest BCUT2D eigenvalue weighted by Crippen LogP contribution is -2.30. The van der Waals surface area contributed by atoms with Crippen LogP contribution in [-0.2, 0) is 7.05 Å². The molecule has 1 aliphatic carbocycles. The normalized spacial score (nSPS) is 19.1. The van der Waals surface area contributed by atoms with Crippen molar-refractivity contribution in [1.29, 1.82) is 0 Å². The third-order valence-electron chi connectivity index (χ3n) is 4.06. The van der Waals surface area contributed by atoms with Crippen molar-refractivity contribution in [2.75, 3.05) is 0 Å². The molecule has 18 heavy (non-hydrogen) atoms. The van der Waals surface area contributed by atoms with Gasteiger partial charge in [0, 0.05) is 7.05 Å². The van der Waals surface area contributed by atoms with Gasteiger partial charge in [0.05, 0.1) is 23.0 Å². The Morgan fingerprint density at radius 3 is 2.78 bits per heavy atom. The van der Waals surface area contributed by atoms with Crippen LogP contribution in [0.3, 0.4) is 0 Å². The van der Waals surface area contributed by atoms with Crippen molar-refractivity contribution in [2.24, 2.45) is 18.8 Å². The highest BCUT2D eigenvalue weighted by molar-refractivity contribution is 6.31. The van der Waals surface area contributed by atoms with Crippen molar-refractivity contribution in [3.8, 4) is 0 Å². The molecule has 1 saturated carbocycles. The molecule has 0 aliphatic heterocycles. The maximum Gasteiger partial charge on any atom is 0.0834 e. The molecule has 1 heterocycles. The summed E-state index contributed by atoms with van der Waals surface area (Å²) in [6.07, 6.45) is 10.9. The molecule has 1 aromatic rings. The average Bonchev–Trinajstić information content (AvgIpc) is 2.73. The second-order valence-electron chi connectivity index (χ2n) is 5.30. The van der Waals surface area contributed by atoms with E-state index in [1.807, 2.05) is 11.7 Å². The maximum absolute atomic E-state index is 6.16. The van der Waals surface area contributed by atoms with Crippen LogP contribution in [0.15, 0.2) is 6.20 Å². The van der Waals surface area contributed by atoms with Crippen molar-refractivity contribution in [2.45, 2.75) is 51.0 Å². The molecule has 0 aromatic carbocycles. The lowest BCUT2D eigenvalue weighted by Gasteiger charge is -2.24. The molecule has 1 aromatic heterocycles. The monoisotopic (exact) mass is 270 g/mol. The van der Waals surface area contributed by atoms with E-state index in [1.165, 1.54) is 38.5 Å². The number of hydrazine groups is 1. The minimum absolute atomic E-state index is 0.104. The topological polar surface area (TPSA) is 55.9 Å². The molecular formula is C13H23ClN4. The SMILES string of the molecule is Cn1ncc(Cl)c1C(CCC1CCCCC1)NN. The Bertz CT molecular complexity index is 352. The quantitative estimate of drug-likeness (QED) is 0.639. The third kappa shape index (κ3) is 3.25. The van der Waals surface area contributed by atoms with Crippen molar-refractivity contribution in [1.82, 2.24) is 15.2 Å². The van der Waals surface area contributed by atoms with Gasteiger partial charge in [0.15, 0.2) is 0 Å². The van der Waals surface area contributed by atoms with Crippen LogP contribution in [0.1, 0.15) is 56.7 Å². The Labute approximate surface area is 114 Å². The molecule has 0 bridgehead atoms. The van der Waals surface area contributed by atoms with Crippen LogP contribution in [0.2, 0.25) is 5.02 Å². The first kappa shape index (κ1) is 13.8. The number of aryl methyl sites for hydroxylation is 1. The zero-order chi connectivity index (χ0) is 13.0. The molecule has 3 N–H and O–H groups in total. The summed E-state index contributed by atoms with van der Waals surface area (Å²) in [5, 5.41) is 4.87. The van der Waals surface area contributed by atoms with E-state index in [4.69, 9.17) is 17.4 Å². The van der Waals surface area contributed by atoms with Gasteiger partial charge in [0.1, 0.15) is 0 Å². The molecular weight excluding hydrogens is 248 g/mol. The number of hydrogen-bond donors (Lipinski definition) is 2. The zero-order valence-electron chi connectivity index (χ0n) is 11.0. The fourth-order valence-electron chi connectivity index (χ4n) is 2.99. The lowest BCUT2D eigenvalue weighted by atomic mass is 9.85.